The Morgan fingerprint density at radius 3 is 2.42 bits per heavy atom. The molecule has 1 fully saturated rings. The fourth-order valence-corrected chi connectivity index (χ4v) is 7.78. The molecule has 0 saturated carbocycles. The van der Waals surface area contributed by atoms with Crippen LogP contribution in [0.2, 0.25) is 0 Å². The predicted molar refractivity (Wildman–Crippen MR) is 227 cm³/mol. The van der Waals surface area contributed by atoms with Gasteiger partial charge in [0.15, 0.2) is 5.82 Å². The predicted octanol–water partition coefficient (Wildman–Crippen LogP) is 4.52. The summed E-state index contributed by atoms with van der Waals surface area (Å²) in [6.07, 6.45) is 2.73. The molecule has 0 radical (unpaired) electrons. The molecule has 1 saturated heterocycles. The molecule has 6 N–H and O–H groups in total. The number of ether oxygens (including phenoxy) is 2. The summed E-state index contributed by atoms with van der Waals surface area (Å²) in [5.41, 5.74) is 12.6. The summed E-state index contributed by atoms with van der Waals surface area (Å²) in [4.78, 5) is 47.5. The van der Waals surface area contributed by atoms with Crippen molar-refractivity contribution in [1.29, 1.82) is 0 Å². The molecule has 1 aliphatic heterocycles. The van der Waals surface area contributed by atoms with Crippen LogP contribution >= 0.6 is 11.3 Å². The van der Waals surface area contributed by atoms with Gasteiger partial charge >= 0.3 is 0 Å². The Labute approximate surface area is 353 Å². The van der Waals surface area contributed by atoms with Crippen LogP contribution < -0.4 is 16.4 Å². The van der Waals surface area contributed by atoms with Gasteiger partial charge in [-0.2, -0.15) is 5.10 Å². The number of likely N-dealkylation sites (tertiary alicyclic amines) is 1. The lowest BCUT2D eigenvalue weighted by molar-refractivity contribution is -0.144. The summed E-state index contributed by atoms with van der Waals surface area (Å²) in [5, 5.41) is 39.3. The van der Waals surface area contributed by atoms with Crippen molar-refractivity contribution in [2.45, 2.75) is 78.2 Å². The maximum absolute atomic E-state index is 14.0. The van der Waals surface area contributed by atoms with Gasteiger partial charge in [-0.25, -0.2) is 4.98 Å². The lowest BCUT2D eigenvalue weighted by atomic mass is 9.85. The number of nitrogens with one attached hydrogen (secondary N) is 2. The van der Waals surface area contributed by atoms with Gasteiger partial charge in [0.05, 0.1) is 73.1 Å². The summed E-state index contributed by atoms with van der Waals surface area (Å²) < 4.78 is 13.1. The van der Waals surface area contributed by atoms with Gasteiger partial charge in [0.1, 0.15) is 17.8 Å². The standard InChI is InChI=1S/C43H53N9O7S/c1-26(28-10-12-29(13-11-28)38-27(2)45-25-60-38)47-41(56)35-20-31(53)24-52(35)42(57)39(43(3,4)5)48-37(55)14-16-58-18-19-59-17-15-51-23-30(22-46-51)33-21-34(49-50-40(33)44)32-8-6-7-9-36(32)54/h6-13,21-23,25-26,31,35,39,53-54H,14-20,24H2,1-5H3,(H2,44,50)(H,47,56)(H,48,55)/t26-,31+,35-,39+/m0/s1. The highest BCUT2D eigenvalue weighted by Crippen LogP contribution is 2.33. The molecule has 2 aromatic carbocycles. The van der Waals surface area contributed by atoms with Crippen LogP contribution in [-0.4, -0.2) is 109 Å². The normalized spacial score (nSPS) is 16.4. The van der Waals surface area contributed by atoms with Gasteiger partial charge in [-0.05, 0) is 48.6 Å². The third-order valence-electron chi connectivity index (χ3n) is 10.3. The van der Waals surface area contributed by atoms with Crippen molar-refractivity contribution < 1.29 is 34.1 Å². The van der Waals surface area contributed by atoms with Crippen LogP contribution in [0.1, 0.15) is 57.8 Å². The smallest absolute Gasteiger partial charge is 0.246 e. The van der Waals surface area contributed by atoms with E-state index in [0.29, 0.717) is 36.6 Å². The van der Waals surface area contributed by atoms with E-state index in [0.717, 1.165) is 27.3 Å². The summed E-state index contributed by atoms with van der Waals surface area (Å²) in [6, 6.07) is 14.4. The lowest BCUT2D eigenvalue weighted by Gasteiger charge is -2.35. The number of carbonyl (C=O) groups excluding carboxylic acids is 3. The first-order valence-electron chi connectivity index (χ1n) is 19.9. The molecule has 0 unspecified atom stereocenters. The fourth-order valence-electron chi connectivity index (χ4n) is 6.97. The number of anilines is 1. The zero-order valence-corrected chi connectivity index (χ0v) is 35.3. The average molecular weight is 840 g/mol. The number of phenolic OH excluding ortho intramolecular Hbond substituents is 1. The second kappa shape index (κ2) is 19.5. The lowest BCUT2D eigenvalue weighted by Crippen LogP contribution is -2.58. The highest BCUT2D eigenvalue weighted by Gasteiger charge is 2.44. The number of rotatable bonds is 17. The molecule has 0 spiro atoms. The van der Waals surface area contributed by atoms with Crippen LogP contribution in [0.25, 0.3) is 32.8 Å². The number of thiazole rings is 1. The zero-order chi connectivity index (χ0) is 43.0. The topological polar surface area (TPSA) is 220 Å². The van der Waals surface area contributed by atoms with E-state index >= 15 is 0 Å². The van der Waals surface area contributed by atoms with E-state index in [2.05, 4.69) is 30.9 Å². The number of nitrogen functional groups attached to an aromatic ring is 1. The summed E-state index contributed by atoms with van der Waals surface area (Å²) in [5.74, 6) is -0.841. The van der Waals surface area contributed by atoms with Crippen molar-refractivity contribution in [2.75, 3.05) is 38.7 Å². The SMILES string of the molecule is Cc1ncsc1-c1ccc([C@H](C)NC(=O)[C@@H]2C[C@@H](O)CN2C(=O)[C@@H](NC(=O)CCOCCOCCn2cc(-c3cc(-c4ccccc4O)nnc3N)cn2)C(C)(C)C)cc1. The van der Waals surface area contributed by atoms with Gasteiger partial charge in [-0.15, -0.1) is 21.5 Å². The highest BCUT2D eigenvalue weighted by molar-refractivity contribution is 7.13. The number of para-hydroxylation sites is 1. The number of aromatic nitrogens is 5. The summed E-state index contributed by atoms with van der Waals surface area (Å²) in [6.45, 7) is 10.8. The van der Waals surface area contributed by atoms with Crippen LogP contribution in [0.4, 0.5) is 5.82 Å². The van der Waals surface area contributed by atoms with Gasteiger partial charge in [-0.1, -0.05) is 57.2 Å². The number of β-amino-alcohol motifs (C(OH)–C–C–N with tert-alkyl or cyclic N) is 1. The van der Waals surface area contributed by atoms with Crippen molar-refractivity contribution in [1.82, 2.24) is 40.5 Å². The third-order valence-corrected chi connectivity index (χ3v) is 11.3. The Morgan fingerprint density at radius 2 is 1.72 bits per heavy atom. The first-order chi connectivity index (χ1) is 28.7. The van der Waals surface area contributed by atoms with E-state index in [-0.39, 0.29) is 62.0 Å². The van der Waals surface area contributed by atoms with E-state index in [4.69, 9.17) is 15.2 Å². The largest absolute Gasteiger partial charge is 0.507 e. The average Bonchev–Trinajstić information content (AvgIpc) is 3.98. The molecule has 1 aliphatic rings. The van der Waals surface area contributed by atoms with Crippen molar-refractivity contribution in [3.63, 3.8) is 0 Å². The number of hydrogen-bond donors (Lipinski definition) is 5. The minimum absolute atomic E-state index is 0.0138. The van der Waals surface area contributed by atoms with E-state index in [9.17, 15) is 24.6 Å². The van der Waals surface area contributed by atoms with Crippen LogP contribution in [-0.2, 0) is 30.4 Å². The molecule has 4 atom stereocenters. The molecule has 6 rings (SSSR count). The van der Waals surface area contributed by atoms with Gasteiger partial charge in [0.25, 0.3) is 0 Å². The Hall–Kier alpha value is -5.75. The number of benzene rings is 2. The molecule has 4 heterocycles. The molecule has 16 nitrogen and oxygen atoms in total. The third kappa shape index (κ3) is 10.9. The number of aliphatic hydroxyl groups excluding tert-OH is 1. The maximum atomic E-state index is 14.0. The number of amides is 3. The van der Waals surface area contributed by atoms with Crippen molar-refractivity contribution in [3.05, 3.63) is 83.8 Å². The number of aliphatic hydroxyl groups is 1. The minimum atomic E-state index is -0.942. The van der Waals surface area contributed by atoms with Crippen LogP contribution in [0.5, 0.6) is 5.75 Å². The van der Waals surface area contributed by atoms with Gasteiger partial charge in [0.2, 0.25) is 17.7 Å². The number of carbonyl (C=O) groups is 3. The molecule has 17 heteroatoms. The van der Waals surface area contributed by atoms with E-state index in [1.54, 1.807) is 52.5 Å². The van der Waals surface area contributed by atoms with E-state index in [1.807, 2.05) is 70.6 Å². The summed E-state index contributed by atoms with van der Waals surface area (Å²) in [7, 11) is 0. The highest BCUT2D eigenvalue weighted by atomic mass is 32.1. The second-order valence-electron chi connectivity index (χ2n) is 15.9. The first-order valence-corrected chi connectivity index (χ1v) is 20.8. The van der Waals surface area contributed by atoms with Crippen molar-refractivity contribution in [3.8, 4) is 38.6 Å². The fraction of sp³-hybridized carbons (Fsp3) is 0.419. The first kappa shape index (κ1) is 43.8. The number of hydrogen-bond acceptors (Lipinski definition) is 13. The molecule has 3 amide bonds. The Morgan fingerprint density at radius 1 is 0.983 bits per heavy atom. The molecule has 5 aromatic rings. The molecule has 318 valence electrons. The molecular weight excluding hydrogens is 787 g/mol. The molecule has 0 bridgehead atoms. The van der Waals surface area contributed by atoms with Crippen LogP contribution in [0.15, 0.2) is 72.5 Å². The number of nitrogens with two attached hydrogens (primary N) is 1. The number of nitrogens with zero attached hydrogens (tertiary/aromatic N) is 6. The number of aromatic hydroxyl groups is 1. The molecular formula is C43H53N9O7S. The van der Waals surface area contributed by atoms with Crippen molar-refractivity contribution in [2.24, 2.45) is 5.41 Å². The number of aryl methyl sites for hydroxylation is 1. The quantitative estimate of drug-likeness (QED) is 0.0817. The second-order valence-corrected chi connectivity index (χ2v) is 16.7. The Kier molecular flexibility index (Phi) is 14.3. The van der Waals surface area contributed by atoms with E-state index < -0.39 is 29.5 Å². The van der Waals surface area contributed by atoms with Gasteiger partial charge in [-0.3, -0.25) is 19.1 Å². The monoisotopic (exact) mass is 839 g/mol. The zero-order valence-electron chi connectivity index (χ0n) is 34.5. The van der Waals surface area contributed by atoms with Gasteiger partial charge < -0.3 is 41.0 Å². The minimum Gasteiger partial charge on any atom is -0.507 e. The number of phenols is 1. The Bertz CT molecular complexity index is 2260. The van der Waals surface area contributed by atoms with Crippen LogP contribution in [0, 0.1) is 12.3 Å². The summed E-state index contributed by atoms with van der Waals surface area (Å²) >= 11 is 1.57. The molecule has 3 aromatic heterocycles. The molecule has 0 aliphatic carbocycles. The van der Waals surface area contributed by atoms with Gasteiger partial charge in [0, 0.05) is 42.3 Å². The van der Waals surface area contributed by atoms with Crippen molar-refractivity contribution >= 4 is 34.9 Å². The van der Waals surface area contributed by atoms with E-state index in [1.165, 1.54) is 4.90 Å². The maximum Gasteiger partial charge on any atom is 0.246 e. The Balaban J connectivity index is 0.924. The molecule has 60 heavy (non-hydrogen) atoms. The van der Waals surface area contributed by atoms with Crippen LogP contribution in [0.3, 0.4) is 0 Å².